The van der Waals surface area contributed by atoms with E-state index in [-0.39, 0.29) is 6.04 Å². The first kappa shape index (κ1) is 10.3. The van der Waals surface area contributed by atoms with Crippen molar-refractivity contribution in [3.8, 4) is 0 Å². The topological polar surface area (TPSA) is 51.0 Å². The van der Waals surface area contributed by atoms with Crippen LogP contribution in [0.25, 0.3) is 0 Å². The minimum atomic E-state index is 0.0410. The Morgan fingerprint density at radius 3 is 2.67 bits per heavy atom. The molecule has 0 amide bonds. The van der Waals surface area contributed by atoms with Gasteiger partial charge in [-0.2, -0.15) is 0 Å². The monoisotopic (exact) mass is 267 g/mol. The van der Waals surface area contributed by atoms with Crippen molar-refractivity contribution < 1.29 is 4.42 Å². The quantitative estimate of drug-likeness (QED) is 0.926. The van der Waals surface area contributed by atoms with E-state index in [4.69, 9.17) is 4.42 Å². The molecule has 0 aromatic carbocycles. The van der Waals surface area contributed by atoms with Gasteiger partial charge in [0.2, 0.25) is 0 Å². The fourth-order valence-corrected chi connectivity index (χ4v) is 1.94. The highest BCUT2D eigenvalue weighted by molar-refractivity contribution is 9.10. The molecule has 0 aliphatic carbocycles. The second kappa shape index (κ2) is 4.55. The number of nitrogens with zero attached hydrogens (tertiary/aromatic N) is 2. The summed E-state index contributed by atoms with van der Waals surface area (Å²) in [6.07, 6.45) is 6.73. The van der Waals surface area contributed by atoms with Crippen molar-refractivity contribution >= 4 is 15.9 Å². The lowest BCUT2D eigenvalue weighted by atomic mass is 10.1. The van der Waals surface area contributed by atoms with E-state index in [9.17, 15) is 0 Å². The Morgan fingerprint density at radius 1 is 1.40 bits per heavy atom. The molecule has 1 N–H and O–H groups in total. The van der Waals surface area contributed by atoms with Gasteiger partial charge in [0.25, 0.3) is 0 Å². The third-order valence-electron chi connectivity index (χ3n) is 2.16. The molecule has 0 radical (unpaired) electrons. The molecule has 4 nitrogen and oxygen atoms in total. The van der Waals surface area contributed by atoms with Gasteiger partial charge in [0.1, 0.15) is 6.33 Å². The van der Waals surface area contributed by atoms with Crippen LogP contribution in [0.1, 0.15) is 17.2 Å². The molecule has 1 atom stereocenters. The first-order valence-electron chi connectivity index (χ1n) is 4.48. The smallest absolute Gasteiger partial charge is 0.174 e. The van der Waals surface area contributed by atoms with E-state index in [1.54, 1.807) is 18.7 Å². The molecule has 1 unspecified atom stereocenters. The van der Waals surface area contributed by atoms with Crippen LogP contribution >= 0.6 is 15.9 Å². The van der Waals surface area contributed by atoms with Crippen molar-refractivity contribution in [3.63, 3.8) is 0 Å². The third-order valence-corrected chi connectivity index (χ3v) is 2.80. The normalized spacial score (nSPS) is 12.7. The van der Waals surface area contributed by atoms with E-state index in [1.807, 2.05) is 13.1 Å². The van der Waals surface area contributed by atoms with Gasteiger partial charge in [-0.05, 0) is 29.0 Å². The predicted octanol–water partition coefficient (Wildman–Crippen LogP) is 2.14. The fourth-order valence-electron chi connectivity index (χ4n) is 1.47. The Kier molecular flexibility index (Phi) is 3.13. The number of aromatic nitrogens is 2. The first-order chi connectivity index (χ1) is 7.33. The molecule has 0 aliphatic heterocycles. The zero-order valence-corrected chi connectivity index (χ0v) is 9.73. The van der Waals surface area contributed by atoms with Crippen LogP contribution < -0.4 is 5.32 Å². The number of hydrogen-bond acceptors (Lipinski definition) is 4. The van der Waals surface area contributed by atoms with Crippen LogP contribution in [-0.4, -0.2) is 17.0 Å². The summed E-state index contributed by atoms with van der Waals surface area (Å²) >= 11 is 3.36. The third kappa shape index (κ3) is 2.08. The van der Waals surface area contributed by atoms with E-state index in [0.29, 0.717) is 0 Å². The molecular weight excluding hydrogens is 258 g/mol. The molecule has 15 heavy (non-hydrogen) atoms. The molecule has 2 rings (SSSR count). The maximum absolute atomic E-state index is 5.20. The second-order valence-electron chi connectivity index (χ2n) is 3.04. The SMILES string of the molecule is CNC(c1cncnc1)c1ccoc1Br. The number of hydrogen-bond donors (Lipinski definition) is 1. The lowest BCUT2D eigenvalue weighted by molar-refractivity contribution is 0.530. The highest BCUT2D eigenvalue weighted by Gasteiger charge is 2.17. The van der Waals surface area contributed by atoms with Crippen LogP contribution in [0.15, 0.2) is 40.1 Å². The highest BCUT2D eigenvalue weighted by atomic mass is 79.9. The molecule has 2 heterocycles. The van der Waals surface area contributed by atoms with Gasteiger partial charge in [-0.1, -0.05) is 0 Å². The largest absolute Gasteiger partial charge is 0.457 e. The zero-order valence-electron chi connectivity index (χ0n) is 8.14. The minimum Gasteiger partial charge on any atom is -0.457 e. The average Bonchev–Trinajstić information content (AvgIpc) is 2.68. The Hall–Kier alpha value is -1.20. The van der Waals surface area contributed by atoms with E-state index >= 15 is 0 Å². The van der Waals surface area contributed by atoms with E-state index in [0.717, 1.165) is 15.8 Å². The lowest BCUT2D eigenvalue weighted by Crippen LogP contribution is -2.17. The molecule has 0 aliphatic rings. The maximum Gasteiger partial charge on any atom is 0.174 e. The maximum atomic E-state index is 5.20. The molecule has 0 saturated carbocycles. The van der Waals surface area contributed by atoms with Gasteiger partial charge < -0.3 is 9.73 Å². The van der Waals surface area contributed by atoms with Crippen LogP contribution in [0.4, 0.5) is 0 Å². The number of halogens is 1. The van der Waals surface area contributed by atoms with E-state index in [1.165, 1.54) is 6.33 Å². The summed E-state index contributed by atoms with van der Waals surface area (Å²) in [5.74, 6) is 0. The van der Waals surface area contributed by atoms with Crippen LogP contribution in [-0.2, 0) is 0 Å². The van der Waals surface area contributed by atoms with Crippen molar-refractivity contribution in [2.24, 2.45) is 0 Å². The van der Waals surface area contributed by atoms with Crippen LogP contribution in [0.2, 0.25) is 0 Å². The molecular formula is C10H10BrN3O. The Bertz CT molecular complexity index is 429. The van der Waals surface area contributed by atoms with Crippen LogP contribution in [0.3, 0.4) is 0 Å². The van der Waals surface area contributed by atoms with Gasteiger partial charge in [-0.25, -0.2) is 9.97 Å². The van der Waals surface area contributed by atoms with Crippen molar-refractivity contribution in [3.05, 3.63) is 46.8 Å². The van der Waals surface area contributed by atoms with Gasteiger partial charge in [0, 0.05) is 23.5 Å². The molecule has 5 heteroatoms. The van der Waals surface area contributed by atoms with Gasteiger partial charge in [0.15, 0.2) is 4.67 Å². The first-order valence-corrected chi connectivity index (χ1v) is 5.27. The summed E-state index contributed by atoms with van der Waals surface area (Å²) < 4.78 is 5.93. The molecule has 2 aromatic heterocycles. The van der Waals surface area contributed by atoms with Crippen molar-refractivity contribution in [2.45, 2.75) is 6.04 Å². The Balaban J connectivity index is 2.37. The van der Waals surface area contributed by atoms with Crippen molar-refractivity contribution in [1.82, 2.24) is 15.3 Å². The second-order valence-corrected chi connectivity index (χ2v) is 3.76. The summed E-state index contributed by atoms with van der Waals surface area (Å²) in [4.78, 5) is 7.99. The summed E-state index contributed by atoms with van der Waals surface area (Å²) in [7, 11) is 1.89. The van der Waals surface area contributed by atoms with Crippen molar-refractivity contribution in [2.75, 3.05) is 7.05 Å². The molecule has 0 saturated heterocycles. The van der Waals surface area contributed by atoms with Gasteiger partial charge >= 0.3 is 0 Å². The van der Waals surface area contributed by atoms with Gasteiger partial charge in [0.05, 0.1) is 12.3 Å². The summed E-state index contributed by atoms with van der Waals surface area (Å²) in [6, 6.07) is 1.96. The Labute approximate surface area is 95.9 Å². The summed E-state index contributed by atoms with van der Waals surface area (Å²) in [5, 5.41) is 3.19. The fraction of sp³-hybridized carbons (Fsp3) is 0.200. The molecule has 2 aromatic rings. The number of furan rings is 1. The van der Waals surface area contributed by atoms with Gasteiger partial charge in [-0.3, -0.25) is 0 Å². The number of nitrogens with one attached hydrogen (secondary N) is 1. The predicted molar refractivity (Wildman–Crippen MR) is 59.3 cm³/mol. The van der Waals surface area contributed by atoms with Crippen LogP contribution in [0, 0.1) is 0 Å². The van der Waals surface area contributed by atoms with E-state index in [2.05, 4.69) is 31.2 Å². The standard InChI is InChI=1S/C10H10BrN3O/c1-12-9(7-4-13-6-14-5-7)8-2-3-15-10(8)11/h2-6,9,12H,1H3. The van der Waals surface area contributed by atoms with E-state index < -0.39 is 0 Å². The average molecular weight is 268 g/mol. The lowest BCUT2D eigenvalue weighted by Gasteiger charge is -2.14. The molecule has 0 spiro atoms. The molecule has 0 fully saturated rings. The summed E-state index contributed by atoms with van der Waals surface area (Å²) in [6.45, 7) is 0. The van der Waals surface area contributed by atoms with Gasteiger partial charge in [-0.15, -0.1) is 0 Å². The Morgan fingerprint density at radius 2 is 2.13 bits per heavy atom. The summed E-state index contributed by atoms with van der Waals surface area (Å²) in [5.41, 5.74) is 2.04. The minimum absolute atomic E-state index is 0.0410. The van der Waals surface area contributed by atoms with Crippen molar-refractivity contribution in [1.29, 1.82) is 0 Å². The van der Waals surface area contributed by atoms with Crippen LogP contribution in [0.5, 0.6) is 0 Å². The zero-order chi connectivity index (χ0) is 10.7. The number of rotatable bonds is 3. The highest BCUT2D eigenvalue weighted by Crippen LogP contribution is 2.28. The molecule has 78 valence electrons. The molecule has 0 bridgehead atoms.